The molecule has 0 aliphatic carbocycles. The molecule has 1 aliphatic rings. The van der Waals surface area contributed by atoms with Gasteiger partial charge in [0.05, 0.1) is 11.9 Å². The molecule has 1 aromatic rings. The lowest BCUT2D eigenvalue weighted by molar-refractivity contribution is 0.392. The average molecular weight is 286 g/mol. The van der Waals surface area contributed by atoms with Crippen LogP contribution < -0.4 is 10.0 Å². The van der Waals surface area contributed by atoms with Crippen LogP contribution in [-0.4, -0.2) is 37.0 Å². The van der Waals surface area contributed by atoms with Crippen molar-refractivity contribution in [2.75, 3.05) is 12.3 Å². The molecule has 108 valence electrons. The number of hydrogen-bond donors (Lipinski definition) is 3. The molecule has 0 aromatic carbocycles. The second-order valence-electron chi connectivity index (χ2n) is 5.13. The van der Waals surface area contributed by atoms with Crippen molar-refractivity contribution in [3.8, 4) is 0 Å². The van der Waals surface area contributed by atoms with E-state index in [-0.39, 0.29) is 11.8 Å². The second-order valence-corrected chi connectivity index (χ2v) is 7.00. The number of nitrogens with one attached hydrogen (secondary N) is 3. The summed E-state index contributed by atoms with van der Waals surface area (Å²) in [4.78, 5) is 0. The number of aromatic nitrogens is 2. The predicted molar refractivity (Wildman–Crippen MR) is 74.2 cm³/mol. The smallest absolute Gasteiger partial charge is 0.212 e. The second kappa shape index (κ2) is 6.49. The summed E-state index contributed by atoms with van der Waals surface area (Å²) in [7, 11) is -3.24. The highest BCUT2D eigenvalue weighted by atomic mass is 32.2. The summed E-state index contributed by atoms with van der Waals surface area (Å²) in [6.07, 6.45) is 7.47. The zero-order valence-electron chi connectivity index (χ0n) is 11.2. The van der Waals surface area contributed by atoms with Crippen LogP contribution in [0.1, 0.15) is 44.2 Å². The van der Waals surface area contributed by atoms with Crippen LogP contribution in [0.5, 0.6) is 0 Å². The van der Waals surface area contributed by atoms with Gasteiger partial charge in [0.25, 0.3) is 0 Å². The number of sulfonamides is 1. The molecule has 0 bridgehead atoms. The van der Waals surface area contributed by atoms with Gasteiger partial charge in [-0.25, -0.2) is 13.1 Å². The van der Waals surface area contributed by atoms with Gasteiger partial charge in [0, 0.05) is 23.8 Å². The fraction of sp³-hybridized carbons (Fsp3) is 0.750. The van der Waals surface area contributed by atoms with Crippen LogP contribution in [0.2, 0.25) is 0 Å². The Labute approximate surface area is 114 Å². The lowest BCUT2D eigenvalue weighted by Crippen LogP contribution is -2.37. The number of H-pyrrole nitrogens is 1. The highest BCUT2D eigenvalue weighted by Crippen LogP contribution is 2.13. The van der Waals surface area contributed by atoms with Crippen LogP contribution in [0.15, 0.2) is 12.4 Å². The van der Waals surface area contributed by atoms with Crippen LogP contribution in [0.25, 0.3) is 0 Å². The normalized spacial score (nSPS) is 22.3. The van der Waals surface area contributed by atoms with Crippen molar-refractivity contribution in [1.82, 2.24) is 20.2 Å². The molecule has 0 radical (unpaired) electrons. The highest BCUT2D eigenvalue weighted by Gasteiger charge is 2.19. The largest absolute Gasteiger partial charge is 0.314 e. The summed E-state index contributed by atoms with van der Waals surface area (Å²) in [5, 5.41) is 9.87. The molecule has 3 N–H and O–H groups in total. The Balaban J connectivity index is 1.81. The van der Waals surface area contributed by atoms with E-state index in [1.54, 1.807) is 12.4 Å². The molecule has 0 saturated carbocycles. The van der Waals surface area contributed by atoms with Crippen LogP contribution in [0.3, 0.4) is 0 Å². The molecule has 2 unspecified atom stereocenters. The molecule has 0 amide bonds. The Morgan fingerprint density at radius 1 is 1.53 bits per heavy atom. The van der Waals surface area contributed by atoms with Crippen LogP contribution in [0.4, 0.5) is 0 Å². The van der Waals surface area contributed by atoms with E-state index in [9.17, 15) is 8.42 Å². The SMILES string of the molecule is CC(NS(=O)(=O)CCC1CCCCN1)c1cn[nH]c1. The number of hydrogen-bond acceptors (Lipinski definition) is 4. The van der Waals surface area contributed by atoms with Crippen molar-refractivity contribution in [3.63, 3.8) is 0 Å². The van der Waals surface area contributed by atoms with Gasteiger partial charge in [0.1, 0.15) is 0 Å². The Kier molecular flexibility index (Phi) is 4.95. The molecular formula is C12H22N4O2S. The van der Waals surface area contributed by atoms with Gasteiger partial charge >= 0.3 is 0 Å². The first-order valence-corrected chi connectivity index (χ1v) is 8.44. The van der Waals surface area contributed by atoms with Crippen molar-refractivity contribution < 1.29 is 8.42 Å². The van der Waals surface area contributed by atoms with E-state index in [1.165, 1.54) is 12.8 Å². The third-order valence-corrected chi connectivity index (χ3v) is 5.01. The zero-order chi connectivity index (χ0) is 13.7. The Bertz CT molecular complexity index is 466. The average Bonchev–Trinajstić information content (AvgIpc) is 2.91. The van der Waals surface area contributed by atoms with E-state index in [1.807, 2.05) is 6.92 Å². The third-order valence-electron chi connectivity index (χ3n) is 3.52. The molecule has 0 spiro atoms. The molecule has 2 atom stereocenters. The summed E-state index contributed by atoms with van der Waals surface area (Å²) in [6.45, 7) is 2.82. The summed E-state index contributed by atoms with van der Waals surface area (Å²) < 4.78 is 26.7. The molecule has 1 aromatic heterocycles. The molecule has 19 heavy (non-hydrogen) atoms. The lowest BCUT2D eigenvalue weighted by atomic mass is 10.0. The number of nitrogens with zero attached hydrogens (tertiary/aromatic N) is 1. The lowest BCUT2D eigenvalue weighted by Gasteiger charge is -2.23. The van der Waals surface area contributed by atoms with Crippen molar-refractivity contribution in [2.24, 2.45) is 0 Å². The van der Waals surface area contributed by atoms with E-state index in [2.05, 4.69) is 20.2 Å². The summed E-state index contributed by atoms with van der Waals surface area (Å²) in [5.74, 6) is 0.173. The quantitative estimate of drug-likeness (QED) is 0.726. The third kappa shape index (κ3) is 4.59. The van der Waals surface area contributed by atoms with Gasteiger partial charge in [-0.1, -0.05) is 6.42 Å². The minimum Gasteiger partial charge on any atom is -0.314 e. The van der Waals surface area contributed by atoms with E-state index in [0.29, 0.717) is 12.5 Å². The van der Waals surface area contributed by atoms with Crippen LogP contribution in [0, 0.1) is 0 Å². The van der Waals surface area contributed by atoms with Crippen LogP contribution >= 0.6 is 0 Å². The first kappa shape index (κ1) is 14.5. The highest BCUT2D eigenvalue weighted by molar-refractivity contribution is 7.89. The van der Waals surface area contributed by atoms with Crippen LogP contribution in [-0.2, 0) is 10.0 Å². The molecule has 6 nitrogen and oxygen atoms in total. The fourth-order valence-corrected chi connectivity index (χ4v) is 3.75. The predicted octanol–water partition coefficient (Wildman–Crippen LogP) is 0.922. The van der Waals surface area contributed by atoms with Crippen molar-refractivity contribution >= 4 is 10.0 Å². The molecule has 2 rings (SSSR count). The molecule has 2 heterocycles. The first-order valence-electron chi connectivity index (χ1n) is 6.79. The number of aromatic amines is 1. The topological polar surface area (TPSA) is 86.9 Å². The van der Waals surface area contributed by atoms with Gasteiger partial charge in [-0.2, -0.15) is 5.10 Å². The molecule has 7 heteroatoms. The molecular weight excluding hydrogens is 264 g/mol. The standard InChI is InChI=1S/C12H22N4O2S/c1-10(11-8-14-15-9-11)16-19(17,18)7-5-12-4-2-3-6-13-12/h8-10,12-13,16H,2-7H2,1H3,(H,14,15). The Morgan fingerprint density at radius 3 is 3.00 bits per heavy atom. The maximum Gasteiger partial charge on any atom is 0.212 e. The minimum atomic E-state index is -3.24. The summed E-state index contributed by atoms with van der Waals surface area (Å²) in [6, 6.07) is 0.0950. The first-order chi connectivity index (χ1) is 9.07. The maximum atomic E-state index is 12.0. The summed E-state index contributed by atoms with van der Waals surface area (Å²) in [5.41, 5.74) is 0.847. The Morgan fingerprint density at radius 2 is 2.37 bits per heavy atom. The van der Waals surface area contributed by atoms with E-state index < -0.39 is 10.0 Å². The molecule has 1 saturated heterocycles. The Hall–Kier alpha value is -0.920. The fourth-order valence-electron chi connectivity index (χ4n) is 2.36. The number of rotatable bonds is 6. The molecule has 1 aliphatic heterocycles. The van der Waals surface area contributed by atoms with Gasteiger partial charge in [0.15, 0.2) is 0 Å². The van der Waals surface area contributed by atoms with Gasteiger partial charge in [-0.15, -0.1) is 0 Å². The van der Waals surface area contributed by atoms with E-state index >= 15 is 0 Å². The number of piperidine rings is 1. The maximum absolute atomic E-state index is 12.0. The van der Waals surface area contributed by atoms with E-state index in [4.69, 9.17) is 0 Å². The minimum absolute atomic E-state index is 0.173. The van der Waals surface area contributed by atoms with Gasteiger partial charge in [-0.3, -0.25) is 5.10 Å². The monoisotopic (exact) mass is 286 g/mol. The summed E-state index contributed by atoms with van der Waals surface area (Å²) >= 11 is 0. The molecule has 1 fully saturated rings. The van der Waals surface area contributed by atoms with Crippen molar-refractivity contribution in [2.45, 2.75) is 44.7 Å². The van der Waals surface area contributed by atoms with Crippen molar-refractivity contribution in [1.29, 1.82) is 0 Å². The zero-order valence-corrected chi connectivity index (χ0v) is 12.0. The van der Waals surface area contributed by atoms with Gasteiger partial charge in [-0.05, 0) is 32.7 Å². The van der Waals surface area contributed by atoms with Gasteiger partial charge < -0.3 is 5.32 Å². The van der Waals surface area contributed by atoms with Gasteiger partial charge in [0.2, 0.25) is 10.0 Å². The van der Waals surface area contributed by atoms with E-state index in [0.717, 1.165) is 18.5 Å². The van der Waals surface area contributed by atoms with Crippen molar-refractivity contribution in [3.05, 3.63) is 18.0 Å².